The molecule has 1 saturated heterocycles. The van der Waals surface area contributed by atoms with E-state index in [2.05, 4.69) is 0 Å². The average molecular weight is 526 g/mol. The minimum atomic E-state index is -4.52. The second-order valence-corrected chi connectivity index (χ2v) is 11.1. The third kappa shape index (κ3) is 5.39. The summed E-state index contributed by atoms with van der Waals surface area (Å²) < 4.78 is 79.9. The molecule has 0 N–H and O–H groups in total. The summed E-state index contributed by atoms with van der Waals surface area (Å²) >= 11 is 0. The Morgan fingerprint density at radius 2 is 1.83 bits per heavy atom. The molecule has 36 heavy (non-hydrogen) atoms. The fraction of sp³-hybridized carbons (Fsp3) is 0.500. The number of hydrogen-bond donors (Lipinski definition) is 0. The number of fused-ring (bicyclic) bond motifs is 1. The number of halogens is 3. The Kier molecular flexibility index (Phi) is 7.66. The van der Waals surface area contributed by atoms with Crippen molar-refractivity contribution in [3.8, 4) is 5.75 Å². The van der Waals surface area contributed by atoms with Gasteiger partial charge in [0.15, 0.2) is 5.78 Å². The lowest BCUT2D eigenvalue weighted by Gasteiger charge is -2.38. The van der Waals surface area contributed by atoms with Crippen LogP contribution in [0.4, 0.5) is 18.9 Å². The highest BCUT2D eigenvalue weighted by atomic mass is 32.2. The van der Waals surface area contributed by atoms with Crippen molar-refractivity contribution in [2.45, 2.75) is 63.1 Å². The van der Waals surface area contributed by atoms with Gasteiger partial charge >= 0.3 is 6.18 Å². The van der Waals surface area contributed by atoms with E-state index in [9.17, 15) is 26.4 Å². The first-order valence-electron chi connectivity index (χ1n) is 12.1. The lowest BCUT2D eigenvalue weighted by atomic mass is 9.95. The number of Topliss-reactive ketones (excluding diaryl/α,β-unsaturated/α-hetero) is 1. The molecule has 1 atom stereocenters. The monoisotopic (exact) mass is 525 g/mol. The molecule has 0 bridgehead atoms. The van der Waals surface area contributed by atoms with Gasteiger partial charge < -0.3 is 9.47 Å². The van der Waals surface area contributed by atoms with Crippen molar-refractivity contribution in [2.75, 3.05) is 24.1 Å². The fourth-order valence-electron chi connectivity index (χ4n) is 4.81. The number of rotatable bonds is 7. The lowest BCUT2D eigenvalue weighted by molar-refractivity contribution is -0.137. The van der Waals surface area contributed by atoms with Crippen LogP contribution in [0.2, 0.25) is 0 Å². The number of carbonyl (C=O) groups is 1. The van der Waals surface area contributed by atoms with Gasteiger partial charge in [-0.05, 0) is 86.9 Å². The van der Waals surface area contributed by atoms with E-state index in [4.69, 9.17) is 9.47 Å². The van der Waals surface area contributed by atoms with E-state index in [0.29, 0.717) is 56.3 Å². The van der Waals surface area contributed by atoms with Crippen LogP contribution >= 0.6 is 0 Å². The Labute approximate surface area is 209 Å². The Morgan fingerprint density at radius 3 is 2.47 bits per heavy atom. The summed E-state index contributed by atoms with van der Waals surface area (Å²) in [4.78, 5) is 12.3. The molecule has 2 aromatic carbocycles. The third-order valence-electron chi connectivity index (χ3n) is 6.90. The molecular formula is C26H30F3NO5S. The fourth-order valence-corrected chi connectivity index (χ4v) is 6.63. The summed E-state index contributed by atoms with van der Waals surface area (Å²) in [6.07, 6.45) is -1.57. The first kappa shape index (κ1) is 26.5. The van der Waals surface area contributed by atoms with Crippen molar-refractivity contribution in [3.05, 3.63) is 53.1 Å². The zero-order valence-corrected chi connectivity index (χ0v) is 21.1. The molecule has 4 rings (SSSR count). The number of hydrogen-bond acceptors (Lipinski definition) is 5. The summed E-state index contributed by atoms with van der Waals surface area (Å²) in [6.45, 7) is 4.90. The average Bonchev–Trinajstić information content (AvgIpc) is 2.86. The van der Waals surface area contributed by atoms with E-state index in [-0.39, 0.29) is 21.9 Å². The topological polar surface area (TPSA) is 72.9 Å². The standard InChI is InChI=1S/C26H30F3NO5S/c1-3-21-6-4-19-14-20(26(27,28)29)5-8-24(19)30(21)36(32,33)22-7-9-25(23(15-22)17(2)31)35-16-18-10-12-34-13-11-18/h5,7-9,14-15,18,21H,3-4,6,10-13,16H2,1-2H3/t21-/m1/s1. The Morgan fingerprint density at radius 1 is 1.11 bits per heavy atom. The highest BCUT2D eigenvalue weighted by Crippen LogP contribution is 2.40. The van der Waals surface area contributed by atoms with E-state index in [1.54, 1.807) is 0 Å². The molecule has 0 saturated carbocycles. The van der Waals surface area contributed by atoms with Crippen molar-refractivity contribution in [1.82, 2.24) is 0 Å². The van der Waals surface area contributed by atoms with Crippen LogP contribution < -0.4 is 9.04 Å². The molecule has 6 nitrogen and oxygen atoms in total. The predicted octanol–water partition coefficient (Wildman–Crippen LogP) is 5.63. The molecule has 2 aliphatic heterocycles. The molecule has 0 radical (unpaired) electrons. The van der Waals surface area contributed by atoms with E-state index in [0.717, 1.165) is 25.0 Å². The minimum Gasteiger partial charge on any atom is -0.493 e. The van der Waals surface area contributed by atoms with Gasteiger partial charge in [0.25, 0.3) is 10.0 Å². The van der Waals surface area contributed by atoms with Gasteiger partial charge in [-0.2, -0.15) is 13.2 Å². The second-order valence-electron chi connectivity index (χ2n) is 9.32. The van der Waals surface area contributed by atoms with Crippen molar-refractivity contribution < 1.29 is 35.9 Å². The van der Waals surface area contributed by atoms with Gasteiger partial charge in [0.05, 0.1) is 28.3 Å². The first-order valence-corrected chi connectivity index (χ1v) is 13.6. The number of aryl methyl sites for hydroxylation is 1. The molecular weight excluding hydrogens is 495 g/mol. The van der Waals surface area contributed by atoms with Gasteiger partial charge in [0.1, 0.15) is 5.75 Å². The van der Waals surface area contributed by atoms with Crippen molar-refractivity contribution >= 4 is 21.5 Å². The molecule has 2 aliphatic rings. The molecule has 10 heteroatoms. The number of sulfonamides is 1. The van der Waals surface area contributed by atoms with Crippen LogP contribution in [-0.4, -0.2) is 40.1 Å². The Bertz CT molecular complexity index is 1220. The van der Waals surface area contributed by atoms with E-state index < -0.39 is 27.8 Å². The maximum absolute atomic E-state index is 13.8. The van der Waals surface area contributed by atoms with Crippen LogP contribution in [0.1, 0.15) is 61.0 Å². The largest absolute Gasteiger partial charge is 0.493 e. The molecule has 2 aromatic rings. The van der Waals surface area contributed by atoms with Crippen LogP contribution in [0.3, 0.4) is 0 Å². The molecule has 196 valence electrons. The van der Waals surface area contributed by atoms with E-state index in [1.165, 1.54) is 35.5 Å². The van der Waals surface area contributed by atoms with E-state index >= 15 is 0 Å². The van der Waals surface area contributed by atoms with Crippen molar-refractivity contribution in [3.63, 3.8) is 0 Å². The number of anilines is 1. The van der Waals surface area contributed by atoms with Crippen molar-refractivity contribution in [1.29, 1.82) is 0 Å². The molecule has 0 aliphatic carbocycles. The highest BCUT2D eigenvalue weighted by Gasteiger charge is 2.38. The second kappa shape index (κ2) is 10.4. The van der Waals surface area contributed by atoms with Crippen molar-refractivity contribution in [2.24, 2.45) is 5.92 Å². The number of carbonyl (C=O) groups excluding carboxylic acids is 1. The number of alkyl halides is 3. The van der Waals surface area contributed by atoms with Gasteiger partial charge in [0.2, 0.25) is 0 Å². The third-order valence-corrected chi connectivity index (χ3v) is 8.76. The molecule has 0 spiro atoms. The minimum absolute atomic E-state index is 0.0997. The maximum Gasteiger partial charge on any atom is 0.416 e. The molecule has 0 aromatic heterocycles. The van der Waals surface area contributed by atoms with Crippen LogP contribution in [-0.2, 0) is 27.4 Å². The van der Waals surface area contributed by atoms with Gasteiger partial charge in [-0.25, -0.2) is 8.42 Å². The molecule has 0 unspecified atom stereocenters. The highest BCUT2D eigenvalue weighted by molar-refractivity contribution is 7.92. The number of ether oxygens (including phenoxy) is 2. The Hall–Kier alpha value is -2.59. The lowest BCUT2D eigenvalue weighted by Crippen LogP contribution is -2.43. The quantitative estimate of drug-likeness (QED) is 0.438. The van der Waals surface area contributed by atoms with Crippen LogP contribution in [0.15, 0.2) is 41.3 Å². The van der Waals surface area contributed by atoms with Gasteiger partial charge in [-0.1, -0.05) is 6.92 Å². The van der Waals surface area contributed by atoms with Crippen LogP contribution in [0.25, 0.3) is 0 Å². The van der Waals surface area contributed by atoms with E-state index in [1.807, 2.05) is 6.92 Å². The van der Waals surface area contributed by atoms with Gasteiger partial charge in [-0.15, -0.1) is 0 Å². The van der Waals surface area contributed by atoms with Crippen LogP contribution in [0, 0.1) is 5.92 Å². The zero-order chi connectivity index (χ0) is 26.1. The van der Waals surface area contributed by atoms with Gasteiger partial charge in [-0.3, -0.25) is 9.10 Å². The molecule has 0 amide bonds. The number of ketones is 1. The molecule has 2 heterocycles. The summed E-state index contributed by atoms with van der Waals surface area (Å²) in [5.41, 5.74) is -0.0779. The summed E-state index contributed by atoms with van der Waals surface area (Å²) in [5, 5.41) is 0. The zero-order valence-electron chi connectivity index (χ0n) is 20.3. The number of nitrogens with zero attached hydrogens (tertiary/aromatic N) is 1. The maximum atomic E-state index is 13.8. The van der Waals surface area contributed by atoms with Gasteiger partial charge in [0, 0.05) is 19.3 Å². The normalized spacial score (nSPS) is 19.1. The summed E-state index contributed by atoms with van der Waals surface area (Å²) in [7, 11) is -4.17. The molecule has 1 fully saturated rings. The summed E-state index contributed by atoms with van der Waals surface area (Å²) in [5.74, 6) is 0.266. The smallest absolute Gasteiger partial charge is 0.416 e. The first-order chi connectivity index (χ1) is 17.0. The summed E-state index contributed by atoms with van der Waals surface area (Å²) in [6, 6.07) is 6.94. The Balaban J connectivity index is 1.68. The predicted molar refractivity (Wildman–Crippen MR) is 129 cm³/mol. The number of benzene rings is 2. The SMILES string of the molecule is CC[C@@H]1CCc2cc(C(F)(F)F)ccc2N1S(=O)(=O)c1ccc(OCC2CCOCC2)c(C(C)=O)c1. The van der Waals surface area contributed by atoms with Crippen LogP contribution in [0.5, 0.6) is 5.75 Å².